The largest absolute Gasteiger partial charge is 0.496 e. The third-order valence-corrected chi connectivity index (χ3v) is 2.57. The molecule has 15 heavy (non-hydrogen) atoms. The van der Waals surface area contributed by atoms with Gasteiger partial charge in [0.25, 0.3) is 0 Å². The quantitative estimate of drug-likeness (QED) is 0.829. The van der Waals surface area contributed by atoms with Gasteiger partial charge in [-0.1, -0.05) is 11.6 Å². The van der Waals surface area contributed by atoms with Crippen molar-refractivity contribution < 1.29 is 4.74 Å². The van der Waals surface area contributed by atoms with Crippen molar-refractivity contribution in [2.75, 3.05) is 13.7 Å². The lowest BCUT2D eigenvalue weighted by Crippen LogP contribution is -2.16. The van der Waals surface area contributed by atoms with Crippen LogP contribution in [0.25, 0.3) is 0 Å². The zero-order valence-corrected chi connectivity index (χ0v) is 9.84. The van der Waals surface area contributed by atoms with E-state index in [0.717, 1.165) is 23.3 Å². The first-order valence-corrected chi connectivity index (χ1v) is 5.27. The predicted molar refractivity (Wildman–Crippen MR) is 63.3 cm³/mol. The number of ether oxygens (including phenoxy) is 1. The van der Waals surface area contributed by atoms with Crippen molar-refractivity contribution in [2.45, 2.75) is 19.4 Å². The van der Waals surface area contributed by atoms with Crippen molar-refractivity contribution in [3.05, 3.63) is 28.3 Å². The van der Waals surface area contributed by atoms with Crippen molar-refractivity contribution in [3.63, 3.8) is 0 Å². The van der Waals surface area contributed by atoms with Gasteiger partial charge in [-0.05, 0) is 37.6 Å². The number of hydrogen-bond acceptors (Lipinski definition) is 3. The molecule has 4 N–H and O–H groups in total. The van der Waals surface area contributed by atoms with Crippen LogP contribution in [0.4, 0.5) is 0 Å². The fourth-order valence-corrected chi connectivity index (χ4v) is 1.93. The third-order valence-electron chi connectivity index (χ3n) is 2.35. The number of aryl methyl sites for hydroxylation is 1. The van der Waals surface area contributed by atoms with Crippen LogP contribution in [-0.2, 0) is 0 Å². The van der Waals surface area contributed by atoms with Crippen LogP contribution in [0.5, 0.6) is 5.75 Å². The molecule has 4 heteroatoms. The molecule has 0 bridgehead atoms. The summed E-state index contributed by atoms with van der Waals surface area (Å²) in [6, 6.07) is 3.58. The van der Waals surface area contributed by atoms with Crippen LogP contribution in [0.1, 0.15) is 23.6 Å². The van der Waals surface area contributed by atoms with Crippen molar-refractivity contribution in [1.82, 2.24) is 0 Å². The van der Waals surface area contributed by atoms with Crippen LogP contribution >= 0.6 is 11.6 Å². The Morgan fingerprint density at radius 2 is 2.13 bits per heavy atom. The van der Waals surface area contributed by atoms with Crippen molar-refractivity contribution in [3.8, 4) is 5.75 Å². The summed E-state index contributed by atoms with van der Waals surface area (Å²) in [4.78, 5) is 0. The molecule has 0 saturated carbocycles. The summed E-state index contributed by atoms with van der Waals surface area (Å²) in [6.07, 6.45) is 0.718. The van der Waals surface area contributed by atoms with Crippen LogP contribution in [0.3, 0.4) is 0 Å². The van der Waals surface area contributed by atoms with E-state index in [1.807, 2.05) is 19.1 Å². The van der Waals surface area contributed by atoms with Crippen molar-refractivity contribution in [1.29, 1.82) is 0 Å². The molecule has 84 valence electrons. The number of methoxy groups -OCH3 is 1. The summed E-state index contributed by atoms with van der Waals surface area (Å²) in [5.41, 5.74) is 13.4. The predicted octanol–water partition coefficient (Wildman–Crippen LogP) is 2.01. The van der Waals surface area contributed by atoms with Gasteiger partial charge in [-0.15, -0.1) is 0 Å². The number of benzene rings is 1. The van der Waals surface area contributed by atoms with E-state index in [1.54, 1.807) is 7.11 Å². The molecule has 1 aromatic rings. The molecule has 0 aromatic heterocycles. The SMILES string of the molecule is COc1c(C)cc(Cl)cc1C(N)CCN. The van der Waals surface area contributed by atoms with Gasteiger partial charge in [-0.25, -0.2) is 0 Å². The van der Waals surface area contributed by atoms with Gasteiger partial charge >= 0.3 is 0 Å². The molecule has 0 radical (unpaired) electrons. The fraction of sp³-hybridized carbons (Fsp3) is 0.455. The fourth-order valence-electron chi connectivity index (χ4n) is 1.65. The topological polar surface area (TPSA) is 61.3 Å². The maximum atomic E-state index is 6.00. The van der Waals surface area contributed by atoms with E-state index in [2.05, 4.69) is 0 Å². The van der Waals surface area contributed by atoms with E-state index >= 15 is 0 Å². The minimum absolute atomic E-state index is 0.123. The minimum Gasteiger partial charge on any atom is -0.496 e. The van der Waals surface area contributed by atoms with Crippen LogP contribution in [-0.4, -0.2) is 13.7 Å². The summed E-state index contributed by atoms with van der Waals surface area (Å²) in [7, 11) is 1.63. The highest BCUT2D eigenvalue weighted by Gasteiger charge is 2.14. The van der Waals surface area contributed by atoms with Crippen molar-refractivity contribution >= 4 is 11.6 Å². The Morgan fingerprint density at radius 1 is 1.47 bits per heavy atom. The molecule has 0 amide bonds. The van der Waals surface area contributed by atoms with Gasteiger partial charge in [0.1, 0.15) is 5.75 Å². The normalized spacial score (nSPS) is 12.6. The Hall–Kier alpha value is -0.770. The minimum atomic E-state index is -0.123. The molecule has 3 nitrogen and oxygen atoms in total. The highest BCUT2D eigenvalue weighted by Crippen LogP contribution is 2.32. The highest BCUT2D eigenvalue weighted by atomic mass is 35.5. The summed E-state index contributed by atoms with van der Waals surface area (Å²) < 4.78 is 5.32. The number of nitrogens with two attached hydrogens (primary N) is 2. The van der Waals surface area contributed by atoms with Gasteiger partial charge in [-0.2, -0.15) is 0 Å². The van der Waals surface area contributed by atoms with E-state index in [0.29, 0.717) is 11.6 Å². The molecule has 1 unspecified atom stereocenters. The number of hydrogen-bond donors (Lipinski definition) is 2. The molecule has 1 atom stereocenters. The molecule has 1 rings (SSSR count). The van der Waals surface area contributed by atoms with Gasteiger partial charge < -0.3 is 16.2 Å². The zero-order chi connectivity index (χ0) is 11.4. The Bertz CT molecular complexity index is 342. The van der Waals surface area contributed by atoms with Crippen LogP contribution < -0.4 is 16.2 Å². The Kier molecular flexibility index (Phi) is 4.39. The van der Waals surface area contributed by atoms with Crippen molar-refractivity contribution in [2.24, 2.45) is 11.5 Å². The van der Waals surface area contributed by atoms with Gasteiger partial charge in [0, 0.05) is 16.6 Å². The molecule has 0 aliphatic carbocycles. The summed E-state index contributed by atoms with van der Waals surface area (Å²) in [5.74, 6) is 0.806. The van der Waals surface area contributed by atoms with Gasteiger partial charge in [0.2, 0.25) is 0 Å². The molecule has 1 aromatic carbocycles. The molecule has 0 spiro atoms. The van der Waals surface area contributed by atoms with Gasteiger partial charge in [0.15, 0.2) is 0 Å². The van der Waals surface area contributed by atoms with E-state index in [-0.39, 0.29) is 6.04 Å². The van der Waals surface area contributed by atoms with E-state index in [4.69, 9.17) is 27.8 Å². The molecule has 0 heterocycles. The second-order valence-corrected chi connectivity index (χ2v) is 3.97. The zero-order valence-electron chi connectivity index (χ0n) is 9.09. The standard InChI is InChI=1S/C11H17ClN2O/c1-7-5-8(12)6-9(11(7)15-2)10(14)3-4-13/h5-6,10H,3-4,13-14H2,1-2H3. The lowest BCUT2D eigenvalue weighted by atomic mass is 10.0. The first kappa shape index (κ1) is 12.3. The Morgan fingerprint density at radius 3 is 2.67 bits per heavy atom. The smallest absolute Gasteiger partial charge is 0.126 e. The summed E-state index contributed by atoms with van der Waals surface area (Å²) in [5, 5.41) is 0.677. The first-order chi connectivity index (χ1) is 7.10. The second-order valence-electron chi connectivity index (χ2n) is 3.53. The second kappa shape index (κ2) is 5.35. The molecule has 0 aliphatic heterocycles. The molecular weight excluding hydrogens is 212 g/mol. The lowest BCUT2D eigenvalue weighted by molar-refractivity contribution is 0.401. The Labute approximate surface area is 95.4 Å². The van der Waals surface area contributed by atoms with E-state index in [1.165, 1.54) is 0 Å². The highest BCUT2D eigenvalue weighted by molar-refractivity contribution is 6.30. The average Bonchev–Trinajstić information content (AvgIpc) is 2.17. The lowest BCUT2D eigenvalue weighted by Gasteiger charge is -2.17. The molecular formula is C11H17ClN2O. The monoisotopic (exact) mass is 228 g/mol. The van der Waals surface area contributed by atoms with E-state index < -0.39 is 0 Å². The van der Waals surface area contributed by atoms with Gasteiger partial charge in [0.05, 0.1) is 7.11 Å². The molecule has 0 saturated heterocycles. The first-order valence-electron chi connectivity index (χ1n) is 4.89. The van der Waals surface area contributed by atoms with Gasteiger partial charge in [-0.3, -0.25) is 0 Å². The maximum Gasteiger partial charge on any atom is 0.126 e. The van der Waals surface area contributed by atoms with Crippen LogP contribution in [0.15, 0.2) is 12.1 Å². The Balaban J connectivity index is 3.13. The third kappa shape index (κ3) is 2.84. The van der Waals surface area contributed by atoms with Crippen LogP contribution in [0.2, 0.25) is 5.02 Å². The average molecular weight is 229 g/mol. The maximum absolute atomic E-state index is 6.00. The number of halogens is 1. The van der Waals surface area contributed by atoms with Crippen LogP contribution in [0, 0.1) is 6.92 Å². The molecule has 0 aliphatic rings. The summed E-state index contributed by atoms with van der Waals surface area (Å²) in [6.45, 7) is 2.50. The van der Waals surface area contributed by atoms with E-state index in [9.17, 15) is 0 Å². The molecule has 0 fully saturated rings. The summed E-state index contributed by atoms with van der Waals surface area (Å²) >= 11 is 5.98. The number of rotatable bonds is 4.